The van der Waals surface area contributed by atoms with Crippen molar-refractivity contribution in [3.63, 3.8) is 0 Å². The van der Waals surface area contributed by atoms with E-state index in [1.807, 2.05) is 13.8 Å². The zero-order chi connectivity index (χ0) is 28.9. The molecule has 3 heterocycles. The van der Waals surface area contributed by atoms with E-state index in [9.17, 15) is 27.2 Å². The number of ether oxygens (including phenoxy) is 1. The van der Waals surface area contributed by atoms with E-state index in [2.05, 4.69) is 11.6 Å². The highest BCUT2D eigenvalue weighted by molar-refractivity contribution is 7.99. The van der Waals surface area contributed by atoms with Crippen LogP contribution in [0, 0.1) is 5.82 Å². The molecule has 0 aliphatic carbocycles. The number of anilines is 1. The summed E-state index contributed by atoms with van der Waals surface area (Å²) in [4.78, 5) is 33.9. The number of methoxy groups -OCH3 is 1. The highest BCUT2D eigenvalue weighted by Gasteiger charge is 2.39. The first kappa shape index (κ1) is 28.2. The molecule has 0 N–H and O–H groups in total. The van der Waals surface area contributed by atoms with Gasteiger partial charge in [-0.2, -0.15) is 18.2 Å². The molecule has 2 aromatic carbocycles. The van der Waals surface area contributed by atoms with Crippen molar-refractivity contribution in [2.24, 2.45) is 0 Å². The number of hydrogen-bond donors (Lipinski definition) is 0. The van der Waals surface area contributed by atoms with E-state index in [0.717, 1.165) is 18.2 Å². The molecular weight excluding hydrogens is 548 g/mol. The van der Waals surface area contributed by atoms with Gasteiger partial charge in [0.05, 0.1) is 23.7 Å². The fraction of sp³-hybridized carbons (Fsp3) is 0.393. The quantitative estimate of drug-likeness (QED) is 0.324. The van der Waals surface area contributed by atoms with Crippen molar-refractivity contribution in [2.45, 2.75) is 49.7 Å². The second kappa shape index (κ2) is 10.5. The van der Waals surface area contributed by atoms with Gasteiger partial charge >= 0.3 is 11.9 Å². The summed E-state index contributed by atoms with van der Waals surface area (Å²) in [5.74, 6) is -0.383. The number of rotatable bonds is 4. The molecular formula is C28H28F4N4O3S. The number of carbonyl (C=O) groups is 1. The first-order valence-electron chi connectivity index (χ1n) is 12.7. The first-order valence-corrected chi connectivity index (χ1v) is 13.7. The zero-order valence-corrected chi connectivity index (χ0v) is 23.0. The summed E-state index contributed by atoms with van der Waals surface area (Å²) in [6.07, 6.45) is -3.97. The number of carbonyl (C=O) groups excluding carboxylic acids is 1. The van der Waals surface area contributed by atoms with Gasteiger partial charge in [-0.25, -0.2) is 9.18 Å². The lowest BCUT2D eigenvalue weighted by atomic mass is 9.96. The molecule has 0 spiro atoms. The van der Waals surface area contributed by atoms with Gasteiger partial charge in [-0.1, -0.05) is 18.7 Å². The Labute approximate surface area is 232 Å². The number of amides is 1. The third-order valence-electron chi connectivity index (χ3n) is 7.42. The lowest BCUT2D eigenvalue weighted by molar-refractivity contribution is -0.137. The van der Waals surface area contributed by atoms with E-state index < -0.39 is 29.4 Å². The Bertz CT molecular complexity index is 1530. The van der Waals surface area contributed by atoms with Crippen LogP contribution in [0.25, 0.3) is 22.0 Å². The van der Waals surface area contributed by atoms with Crippen LogP contribution in [-0.4, -0.2) is 64.5 Å². The molecule has 0 bridgehead atoms. The lowest BCUT2D eigenvalue weighted by Crippen LogP contribution is -2.58. The van der Waals surface area contributed by atoms with Crippen LogP contribution >= 0.6 is 11.8 Å². The van der Waals surface area contributed by atoms with Gasteiger partial charge in [0.15, 0.2) is 0 Å². The van der Waals surface area contributed by atoms with Crippen LogP contribution in [0.5, 0.6) is 0 Å². The Morgan fingerprint density at radius 2 is 1.80 bits per heavy atom. The molecule has 12 heteroatoms. The fourth-order valence-electron chi connectivity index (χ4n) is 5.68. The smallest absolute Gasteiger partial charge is 0.379 e. The Kier molecular flexibility index (Phi) is 7.43. The monoisotopic (exact) mass is 576 g/mol. The summed E-state index contributed by atoms with van der Waals surface area (Å²) in [5.41, 5.74) is -1.11. The second-order valence-electron chi connectivity index (χ2n) is 10.1. The van der Waals surface area contributed by atoms with Crippen molar-refractivity contribution in [3.8, 4) is 11.1 Å². The molecule has 1 fully saturated rings. The fourth-order valence-corrected chi connectivity index (χ4v) is 7.00. The molecule has 1 amide bonds. The van der Waals surface area contributed by atoms with Crippen LogP contribution in [-0.2, 0) is 22.3 Å². The summed E-state index contributed by atoms with van der Waals surface area (Å²) in [5, 5.41) is 0.180. The molecule has 0 saturated carbocycles. The topological polar surface area (TPSA) is 67.7 Å². The van der Waals surface area contributed by atoms with Crippen LogP contribution in [0.15, 0.2) is 52.7 Å². The molecule has 3 aromatic rings. The van der Waals surface area contributed by atoms with E-state index in [0.29, 0.717) is 11.3 Å². The van der Waals surface area contributed by atoms with Gasteiger partial charge in [-0.05, 0) is 43.7 Å². The summed E-state index contributed by atoms with van der Waals surface area (Å²) in [7, 11) is 1.49. The lowest BCUT2D eigenvalue weighted by Gasteiger charge is -2.44. The average molecular weight is 577 g/mol. The van der Waals surface area contributed by atoms with Crippen LogP contribution < -0.4 is 10.6 Å². The standard InChI is InChI=1S/C28H28F4N4O3S/c1-5-22(37)36-15(2)11-34(12-16(36)3)26-20-10-21(28(30,31)32)23(17-6-8-18(29)9-7-17)25-24(20)35(27(38)33-26)13-19(39-4)14-40-25/h5-10,15-16,19H,1,11-14H2,2-4H3/t15-,16+,19-/m1/s1. The molecule has 1 aromatic heterocycles. The van der Waals surface area contributed by atoms with E-state index in [4.69, 9.17) is 4.74 Å². The maximum absolute atomic E-state index is 14.7. The minimum absolute atomic E-state index is 0.113. The van der Waals surface area contributed by atoms with Crippen molar-refractivity contribution in [3.05, 3.63) is 64.9 Å². The van der Waals surface area contributed by atoms with Gasteiger partial charge in [-0.3, -0.25) is 9.36 Å². The predicted molar refractivity (Wildman–Crippen MR) is 146 cm³/mol. The van der Waals surface area contributed by atoms with Crippen molar-refractivity contribution < 1.29 is 27.1 Å². The minimum atomic E-state index is -4.75. The Morgan fingerprint density at radius 3 is 2.38 bits per heavy atom. The molecule has 1 saturated heterocycles. The van der Waals surface area contributed by atoms with Crippen molar-refractivity contribution in [2.75, 3.05) is 30.9 Å². The van der Waals surface area contributed by atoms with Gasteiger partial charge in [0.2, 0.25) is 5.91 Å². The molecule has 40 heavy (non-hydrogen) atoms. The summed E-state index contributed by atoms with van der Waals surface area (Å²) >= 11 is 1.17. The third kappa shape index (κ3) is 4.87. The number of hydrogen-bond acceptors (Lipinski definition) is 6. The number of halogens is 4. The number of benzene rings is 2. The maximum atomic E-state index is 14.7. The second-order valence-corrected chi connectivity index (χ2v) is 11.1. The molecule has 5 rings (SSSR count). The van der Waals surface area contributed by atoms with Crippen LogP contribution in [0.3, 0.4) is 0 Å². The zero-order valence-electron chi connectivity index (χ0n) is 22.2. The number of alkyl halides is 3. The van der Waals surface area contributed by atoms with Gasteiger partial charge < -0.3 is 14.5 Å². The van der Waals surface area contributed by atoms with E-state index in [1.165, 1.54) is 41.6 Å². The summed E-state index contributed by atoms with van der Waals surface area (Å²) in [6.45, 7) is 7.87. The average Bonchev–Trinajstić information content (AvgIpc) is 3.10. The Balaban J connectivity index is 1.81. The Morgan fingerprint density at radius 1 is 1.15 bits per heavy atom. The summed E-state index contributed by atoms with van der Waals surface area (Å²) in [6, 6.07) is 5.28. The SMILES string of the molecule is C=CC(=O)N1[C@H](C)CN(c2nc(=O)n3c4c(c(-c5ccc(F)cc5)c(C(F)(F)F)cc24)SC[C@H](OC)C3)C[C@@H]1C. The molecule has 0 radical (unpaired) electrons. The Hall–Kier alpha value is -3.38. The van der Waals surface area contributed by atoms with Crippen molar-refractivity contribution >= 4 is 34.4 Å². The van der Waals surface area contributed by atoms with E-state index >= 15 is 0 Å². The molecule has 0 unspecified atom stereocenters. The highest BCUT2D eigenvalue weighted by atomic mass is 32.2. The molecule has 212 valence electrons. The molecule has 7 nitrogen and oxygen atoms in total. The third-order valence-corrected chi connectivity index (χ3v) is 8.64. The largest absolute Gasteiger partial charge is 0.417 e. The van der Waals surface area contributed by atoms with Crippen molar-refractivity contribution in [1.29, 1.82) is 0 Å². The number of piperazine rings is 1. The number of nitrogens with zero attached hydrogens (tertiary/aromatic N) is 4. The minimum Gasteiger partial charge on any atom is -0.379 e. The molecule has 2 aliphatic rings. The van der Waals surface area contributed by atoms with Crippen LogP contribution in [0.4, 0.5) is 23.4 Å². The maximum Gasteiger partial charge on any atom is 0.417 e. The predicted octanol–water partition coefficient (Wildman–Crippen LogP) is 4.95. The number of aromatic nitrogens is 2. The van der Waals surface area contributed by atoms with E-state index in [-0.39, 0.29) is 64.9 Å². The van der Waals surface area contributed by atoms with Gasteiger partial charge in [0, 0.05) is 53.9 Å². The van der Waals surface area contributed by atoms with Gasteiger partial charge in [0.1, 0.15) is 11.6 Å². The van der Waals surface area contributed by atoms with Gasteiger partial charge in [-0.15, -0.1) is 11.8 Å². The van der Waals surface area contributed by atoms with E-state index in [1.54, 1.807) is 9.80 Å². The normalized spacial score (nSPS) is 21.4. The highest BCUT2D eigenvalue weighted by Crippen LogP contribution is 2.48. The van der Waals surface area contributed by atoms with Crippen LogP contribution in [0.1, 0.15) is 19.4 Å². The molecule has 2 aliphatic heterocycles. The first-order chi connectivity index (χ1) is 18.9. The summed E-state index contributed by atoms with van der Waals surface area (Å²) < 4.78 is 64.8. The van der Waals surface area contributed by atoms with Crippen molar-refractivity contribution in [1.82, 2.24) is 14.5 Å². The van der Waals surface area contributed by atoms with Crippen LogP contribution in [0.2, 0.25) is 0 Å². The van der Waals surface area contributed by atoms with Gasteiger partial charge in [0.25, 0.3) is 0 Å². The number of thioether (sulfide) groups is 1. The molecule has 3 atom stereocenters.